The van der Waals surface area contributed by atoms with Crippen molar-refractivity contribution in [3.8, 4) is 11.5 Å². The lowest BCUT2D eigenvalue weighted by Gasteiger charge is -2.38. The van der Waals surface area contributed by atoms with Crippen molar-refractivity contribution in [2.75, 3.05) is 26.3 Å². The van der Waals surface area contributed by atoms with Gasteiger partial charge in [0, 0.05) is 13.1 Å². The smallest absolute Gasteiger partial charge is 0.161 e. The molecule has 3 nitrogen and oxygen atoms in total. The van der Waals surface area contributed by atoms with Crippen LogP contribution in [0.2, 0.25) is 0 Å². The Morgan fingerprint density at radius 3 is 2.42 bits per heavy atom. The number of hydrogen-bond acceptors (Lipinski definition) is 3. The second-order valence-electron chi connectivity index (χ2n) is 5.57. The minimum absolute atomic E-state index is 0.531. The molecule has 0 radical (unpaired) electrons. The van der Waals surface area contributed by atoms with Crippen LogP contribution in [0.5, 0.6) is 11.5 Å². The number of benzene rings is 1. The Morgan fingerprint density at radius 2 is 1.84 bits per heavy atom. The third-order valence-corrected chi connectivity index (χ3v) is 3.80. The van der Waals surface area contributed by atoms with Crippen LogP contribution < -0.4 is 14.8 Å². The molecule has 0 aromatic heterocycles. The van der Waals surface area contributed by atoms with E-state index in [-0.39, 0.29) is 0 Å². The normalized spacial score (nSPS) is 16.7. The molecule has 1 aromatic rings. The zero-order valence-electron chi connectivity index (χ0n) is 12.1. The first-order valence-electron chi connectivity index (χ1n) is 7.29. The van der Waals surface area contributed by atoms with Gasteiger partial charge in [-0.15, -0.1) is 0 Å². The largest absolute Gasteiger partial charge is 0.490 e. The van der Waals surface area contributed by atoms with Crippen molar-refractivity contribution in [1.29, 1.82) is 0 Å². The quantitative estimate of drug-likeness (QED) is 0.730. The van der Waals surface area contributed by atoms with Gasteiger partial charge in [-0.3, -0.25) is 0 Å². The van der Waals surface area contributed by atoms with Crippen LogP contribution in [0.15, 0.2) is 24.3 Å². The lowest BCUT2D eigenvalue weighted by Crippen LogP contribution is -2.38. The molecule has 1 fully saturated rings. The first-order chi connectivity index (χ1) is 9.23. The van der Waals surface area contributed by atoms with Gasteiger partial charge in [-0.05, 0) is 37.3 Å². The standard InChI is InChI=1S/C16H25NO2/c1-3-18-14-7-4-5-8-15(14)19-12-11-17-13-16(2)9-6-10-16/h4-5,7-8,17H,3,6,9-13H2,1-2H3. The van der Waals surface area contributed by atoms with Gasteiger partial charge < -0.3 is 14.8 Å². The van der Waals surface area contributed by atoms with Crippen molar-refractivity contribution in [2.45, 2.75) is 33.1 Å². The van der Waals surface area contributed by atoms with Crippen LogP contribution in [0.4, 0.5) is 0 Å². The van der Waals surface area contributed by atoms with Crippen molar-refractivity contribution in [2.24, 2.45) is 5.41 Å². The number of para-hydroxylation sites is 2. The molecule has 1 aromatic carbocycles. The van der Waals surface area contributed by atoms with Crippen LogP contribution in [0.1, 0.15) is 33.1 Å². The molecule has 0 amide bonds. The Balaban J connectivity index is 1.67. The molecule has 0 saturated heterocycles. The van der Waals surface area contributed by atoms with Crippen LogP contribution in [-0.2, 0) is 0 Å². The fourth-order valence-electron chi connectivity index (χ4n) is 2.42. The second-order valence-corrected chi connectivity index (χ2v) is 5.57. The minimum atomic E-state index is 0.531. The molecule has 0 heterocycles. The van der Waals surface area contributed by atoms with Gasteiger partial charge in [0.25, 0.3) is 0 Å². The van der Waals surface area contributed by atoms with Crippen LogP contribution in [0.25, 0.3) is 0 Å². The lowest BCUT2D eigenvalue weighted by molar-refractivity contribution is 0.153. The van der Waals surface area contributed by atoms with Gasteiger partial charge in [-0.2, -0.15) is 0 Å². The fourth-order valence-corrected chi connectivity index (χ4v) is 2.42. The second kappa shape index (κ2) is 6.80. The van der Waals surface area contributed by atoms with E-state index in [0.29, 0.717) is 18.6 Å². The summed E-state index contributed by atoms with van der Waals surface area (Å²) in [4.78, 5) is 0. The molecule has 1 N–H and O–H groups in total. The highest BCUT2D eigenvalue weighted by Crippen LogP contribution is 2.39. The third-order valence-electron chi connectivity index (χ3n) is 3.80. The summed E-state index contributed by atoms with van der Waals surface area (Å²) in [7, 11) is 0. The summed E-state index contributed by atoms with van der Waals surface area (Å²) in [6.45, 7) is 7.67. The number of ether oxygens (including phenoxy) is 2. The summed E-state index contributed by atoms with van der Waals surface area (Å²) in [6.07, 6.45) is 4.10. The van der Waals surface area contributed by atoms with Crippen molar-refractivity contribution < 1.29 is 9.47 Å². The summed E-state index contributed by atoms with van der Waals surface area (Å²) >= 11 is 0. The molecule has 19 heavy (non-hydrogen) atoms. The maximum atomic E-state index is 5.77. The highest BCUT2D eigenvalue weighted by Gasteiger charge is 2.30. The van der Waals surface area contributed by atoms with Gasteiger partial charge in [-0.1, -0.05) is 25.5 Å². The molecule has 2 rings (SSSR count). The van der Waals surface area contributed by atoms with Gasteiger partial charge in [0.15, 0.2) is 11.5 Å². The Hall–Kier alpha value is -1.22. The van der Waals surface area contributed by atoms with Crippen molar-refractivity contribution in [3.63, 3.8) is 0 Å². The predicted molar refractivity (Wildman–Crippen MR) is 77.9 cm³/mol. The molecule has 1 aliphatic rings. The summed E-state index contributed by atoms with van der Waals surface area (Å²) in [5.74, 6) is 1.66. The lowest BCUT2D eigenvalue weighted by atomic mass is 9.70. The van der Waals surface area contributed by atoms with E-state index < -0.39 is 0 Å². The molecule has 1 saturated carbocycles. The van der Waals surface area contributed by atoms with Crippen LogP contribution in [0.3, 0.4) is 0 Å². The highest BCUT2D eigenvalue weighted by atomic mass is 16.5. The molecule has 0 unspecified atom stereocenters. The molecular formula is C16H25NO2. The average Bonchev–Trinajstić information content (AvgIpc) is 2.38. The van der Waals surface area contributed by atoms with E-state index in [1.807, 2.05) is 31.2 Å². The van der Waals surface area contributed by atoms with Gasteiger partial charge in [0.1, 0.15) is 6.61 Å². The van der Waals surface area contributed by atoms with Crippen LogP contribution in [-0.4, -0.2) is 26.3 Å². The summed E-state index contributed by atoms with van der Waals surface area (Å²) < 4.78 is 11.3. The molecule has 1 aliphatic carbocycles. The summed E-state index contributed by atoms with van der Waals surface area (Å²) in [5, 5.41) is 3.48. The third kappa shape index (κ3) is 4.13. The zero-order valence-corrected chi connectivity index (χ0v) is 12.1. The van der Waals surface area contributed by atoms with Gasteiger partial charge in [-0.25, -0.2) is 0 Å². The maximum Gasteiger partial charge on any atom is 0.161 e. The Labute approximate surface area is 116 Å². The molecule has 0 spiro atoms. The Bertz CT molecular complexity index is 388. The van der Waals surface area contributed by atoms with E-state index in [9.17, 15) is 0 Å². The average molecular weight is 263 g/mol. The van der Waals surface area contributed by atoms with Crippen LogP contribution in [0, 0.1) is 5.41 Å². The molecule has 0 atom stereocenters. The first-order valence-corrected chi connectivity index (χ1v) is 7.29. The molecule has 0 aliphatic heterocycles. The summed E-state index contributed by atoms with van der Waals surface area (Å²) in [5.41, 5.74) is 0.531. The number of nitrogens with one attached hydrogen (secondary N) is 1. The van der Waals surface area contributed by atoms with E-state index >= 15 is 0 Å². The number of hydrogen-bond donors (Lipinski definition) is 1. The topological polar surface area (TPSA) is 30.5 Å². The van der Waals surface area contributed by atoms with Crippen molar-refractivity contribution in [1.82, 2.24) is 5.32 Å². The molecule has 3 heteroatoms. The maximum absolute atomic E-state index is 5.77. The van der Waals surface area contributed by atoms with Gasteiger partial charge in [0.2, 0.25) is 0 Å². The fraction of sp³-hybridized carbons (Fsp3) is 0.625. The van der Waals surface area contributed by atoms with Gasteiger partial charge >= 0.3 is 0 Å². The van der Waals surface area contributed by atoms with Crippen molar-refractivity contribution >= 4 is 0 Å². The first kappa shape index (κ1) is 14.2. The number of rotatable bonds is 8. The summed E-state index contributed by atoms with van der Waals surface area (Å²) in [6, 6.07) is 7.84. The van der Waals surface area contributed by atoms with Gasteiger partial charge in [0.05, 0.1) is 6.61 Å². The van der Waals surface area contributed by atoms with E-state index in [4.69, 9.17) is 9.47 Å². The molecule has 106 valence electrons. The monoisotopic (exact) mass is 263 g/mol. The van der Waals surface area contributed by atoms with E-state index in [1.54, 1.807) is 0 Å². The minimum Gasteiger partial charge on any atom is -0.490 e. The van der Waals surface area contributed by atoms with Crippen LogP contribution >= 0.6 is 0 Å². The van der Waals surface area contributed by atoms with E-state index in [2.05, 4.69) is 12.2 Å². The molecule has 0 bridgehead atoms. The van der Waals surface area contributed by atoms with Crippen molar-refractivity contribution in [3.05, 3.63) is 24.3 Å². The molecular weight excluding hydrogens is 238 g/mol. The Morgan fingerprint density at radius 1 is 1.16 bits per heavy atom. The Kier molecular flexibility index (Phi) is 5.08. The highest BCUT2D eigenvalue weighted by molar-refractivity contribution is 5.39. The van der Waals surface area contributed by atoms with E-state index in [0.717, 1.165) is 24.6 Å². The van der Waals surface area contributed by atoms with E-state index in [1.165, 1.54) is 19.3 Å². The zero-order chi connectivity index (χ0) is 13.6. The predicted octanol–water partition coefficient (Wildman–Crippen LogP) is 3.24. The SMILES string of the molecule is CCOc1ccccc1OCCNCC1(C)CCC1.